The molecule has 0 aliphatic rings. The van der Waals surface area contributed by atoms with Gasteiger partial charge in [-0.2, -0.15) is 0 Å². The topological polar surface area (TPSA) is 46.2 Å². The number of hydrogen-bond donors (Lipinski definition) is 1. The molecular weight excluding hydrogens is 332 g/mol. The molecule has 1 atom stereocenters. The fourth-order valence-electron chi connectivity index (χ4n) is 1.99. The third-order valence-corrected chi connectivity index (χ3v) is 4.86. The molecule has 2 rings (SSSR count). The van der Waals surface area contributed by atoms with E-state index in [2.05, 4.69) is 4.72 Å². The predicted molar refractivity (Wildman–Crippen MR) is 82.0 cm³/mol. The lowest BCUT2D eigenvalue weighted by Gasteiger charge is -2.15. The first-order chi connectivity index (χ1) is 10.3. The number of hydrogen-bond acceptors (Lipinski definition) is 2. The fourth-order valence-corrected chi connectivity index (χ4v) is 3.73. The summed E-state index contributed by atoms with van der Waals surface area (Å²) >= 11 is 5.83. The van der Waals surface area contributed by atoms with Crippen molar-refractivity contribution in [1.29, 1.82) is 0 Å². The number of rotatable bonds is 5. The molecule has 0 aliphatic carbocycles. The van der Waals surface area contributed by atoms with Crippen molar-refractivity contribution in [1.82, 2.24) is 4.72 Å². The van der Waals surface area contributed by atoms with Crippen LogP contribution in [0.2, 0.25) is 5.02 Å². The molecule has 3 nitrogen and oxygen atoms in total. The van der Waals surface area contributed by atoms with Crippen LogP contribution in [0.5, 0.6) is 0 Å². The van der Waals surface area contributed by atoms with Crippen molar-refractivity contribution in [3.05, 3.63) is 70.2 Å². The van der Waals surface area contributed by atoms with E-state index in [0.29, 0.717) is 5.56 Å². The van der Waals surface area contributed by atoms with E-state index in [0.717, 1.165) is 6.07 Å². The van der Waals surface area contributed by atoms with Crippen LogP contribution in [0.25, 0.3) is 0 Å². The second-order valence-corrected chi connectivity index (χ2v) is 7.01. The standard InChI is InChI=1S/C15H14ClF2NO2S/c1-10(11-5-7-12(17)8-6-11)19-22(20,21)9-13-14(16)3-2-4-15(13)18/h2-8,10,19H,9H2,1H3/t10-/m1/s1. The number of nitrogens with one attached hydrogen (secondary N) is 1. The van der Waals surface area contributed by atoms with Crippen LogP contribution in [-0.2, 0) is 15.8 Å². The summed E-state index contributed by atoms with van der Waals surface area (Å²) in [5.74, 6) is -1.64. The van der Waals surface area contributed by atoms with E-state index in [9.17, 15) is 17.2 Å². The monoisotopic (exact) mass is 345 g/mol. The Morgan fingerprint density at radius 3 is 2.36 bits per heavy atom. The molecule has 0 amide bonds. The maximum atomic E-state index is 13.7. The second kappa shape index (κ2) is 6.73. The second-order valence-electron chi connectivity index (χ2n) is 4.85. The molecule has 0 heterocycles. The van der Waals surface area contributed by atoms with Crippen molar-refractivity contribution in [3.63, 3.8) is 0 Å². The molecule has 0 fully saturated rings. The van der Waals surface area contributed by atoms with Gasteiger partial charge in [0.2, 0.25) is 10.0 Å². The molecule has 7 heteroatoms. The van der Waals surface area contributed by atoms with Crippen molar-refractivity contribution < 1.29 is 17.2 Å². The van der Waals surface area contributed by atoms with Gasteiger partial charge in [0, 0.05) is 16.6 Å². The van der Waals surface area contributed by atoms with E-state index >= 15 is 0 Å². The minimum atomic E-state index is -3.81. The first kappa shape index (κ1) is 16.9. The highest BCUT2D eigenvalue weighted by Crippen LogP contribution is 2.22. The summed E-state index contributed by atoms with van der Waals surface area (Å²) in [6.07, 6.45) is 0. The minimum absolute atomic E-state index is 0.0554. The molecule has 0 spiro atoms. The Bertz CT molecular complexity index is 743. The highest BCUT2D eigenvalue weighted by atomic mass is 35.5. The third kappa shape index (κ3) is 4.25. The van der Waals surface area contributed by atoms with Crippen LogP contribution in [0.1, 0.15) is 24.1 Å². The smallest absolute Gasteiger partial charge is 0.212 e. The van der Waals surface area contributed by atoms with Crippen molar-refractivity contribution >= 4 is 21.6 Å². The zero-order valence-electron chi connectivity index (χ0n) is 11.7. The first-order valence-corrected chi connectivity index (χ1v) is 8.50. The van der Waals surface area contributed by atoms with Crippen LogP contribution in [0.15, 0.2) is 42.5 Å². The van der Waals surface area contributed by atoms with Crippen LogP contribution in [0.3, 0.4) is 0 Å². The SMILES string of the molecule is C[C@@H](NS(=O)(=O)Cc1c(F)cccc1Cl)c1ccc(F)cc1. The third-order valence-electron chi connectivity index (χ3n) is 3.12. The van der Waals surface area contributed by atoms with Crippen molar-refractivity contribution in [2.45, 2.75) is 18.7 Å². The number of benzene rings is 2. The molecule has 118 valence electrons. The molecule has 2 aromatic rings. The van der Waals surface area contributed by atoms with Gasteiger partial charge in [-0.3, -0.25) is 0 Å². The Kier molecular flexibility index (Phi) is 5.16. The van der Waals surface area contributed by atoms with Gasteiger partial charge in [-0.15, -0.1) is 0 Å². The van der Waals surface area contributed by atoms with Crippen LogP contribution >= 0.6 is 11.6 Å². The van der Waals surface area contributed by atoms with Crippen LogP contribution in [0.4, 0.5) is 8.78 Å². The lowest BCUT2D eigenvalue weighted by Crippen LogP contribution is -2.28. The molecule has 0 aliphatic heterocycles. The summed E-state index contributed by atoms with van der Waals surface area (Å²) < 4.78 is 53.2. The van der Waals surface area contributed by atoms with Gasteiger partial charge in [-0.25, -0.2) is 21.9 Å². The lowest BCUT2D eigenvalue weighted by molar-refractivity contribution is 0.561. The summed E-state index contributed by atoms with van der Waals surface area (Å²) in [4.78, 5) is 0. The molecule has 2 aromatic carbocycles. The van der Waals surface area contributed by atoms with Gasteiger partial charge in [0.15, 0.2) is 0 Å². The largest absolute Gasteiger partial charge is 0.216 e. The van der Waals surface area contributed by atoms with Crippen molar-refractivity contribution in [2.75, 3.05) is 0 Å². The van der Waals surface area contributed by atoms with Gasteiger partial charge < -0.3 is 0 Å². The first-order valence-electron chi connectivity index (χ1n) is 6.47. The van der Waals surface area contributed by atoms with Crippen molar-refractivity contribution in [3.8, 4) is 0 Å². The van der Waals surface area contributed by atoms with Crippen LogP contribution < -0.4 is 4.72 Å². The summed E-state index contributed by atoms with van der Waals surface area (Å²) in [6.45, 7) is 1.62. The maximum Gasteiger partial charge on any atom is 0.216 e. The maximum absolute atomic E-state index is 13.7. The van der Waals surface area contributed by atoms with E-state index in [1.165, 1.54) is 36.4 Å². The van der Waals surface area contributed by atoms with Gasteiger partial charge in [-0.05, 0) is 36.8 Å². The van der Waals surface area contributed by atoms with Crippen molar-refractivity contribution in [2.24, 2.45) is 0 Å². The minimum Gasteiger partial charge on any atom is -0.212 e. The van der Waals surface area contributed by atoms with Gasteiger partial charge in [-0.1, -0.05) is 29.8 Å². The Labute approximate surface area is 133 Å². The Morgan fingerprint density at radius 2 is 1.77 bits per heavy atom. The van der Waals surface area contributed by atoms with Crippen LogP contribution in [-0.4, -0.2) is 8.42 Å². The Hall–Kier alpha value is -1.50. The molecule has 0 saturated carbocycles. The zero-order chi connectivity index (χ0) is 16.3. The molecule has 0 radical (unpaired) electrons. The molecule has 22 heavy (non-hydrogen) atoms. The summed E-state index contributed by atoms with van der Waals surface area (Å²) in [6, 6.07) is 8.87. The summed E-state index contributed by atoms with van der Waals surface area (Å²) in [5, 5.41) is 0.0554. The highest BCUT2D eigenvalue weighted by molar-refractivity contribution is 7.88. The highest BCUT2D eigenvalue weighted by Gasteiger charge is 2.20. The lowest BCUT2D eigenvalue weighted by atomic mass is 10.1. The zero-order valence-corrected chi connectivity index (χ0v) is 13.3. The summed E-state index contributed by atoms with van der Waals surface area (Å²) in [5.41, 5.74) is 0.521. The molecule has 0 unspecified atom stereocenters. The molecule has 1 N–H and O–H groups in total. The average Bonchev–Trinajstić information content (AvgIpc) is 2.43. The fraction of sp³-hybridized carbons (Fsp3) is 0.200. The average molecular weight is 346 g/mol. The summed E-state index contributed by atoms with van der Waals surface area (Å²) in [7, 11) is -3.81. The van der Waals surface area contributed by atoms with E-state index in [4.69, 9.17) is 11.6 Å². The molecule has 0 saturated heterocycles. The van der Waals surface area contributed by atoms with E-state index in [1.807, 2.05) is 0 Å². The van der Waals surface area contributed by atoms with Gasteiger partial charge >= 0.3 is 0 Å². The van der Waals surface area contributed by atoms with Gasteiger partial charge in [0.25, 0.3) is 0 Å². The number of sulfonamides is 1. The Morgan fingerprint density at radius 1 is 1.14 bits per heavy atom. The molecular formula is C15H14ClF2NO2S. The Balaban J connectivity index is 2.16. The number of halogens is 3. The van der Waals surface area contributed by atoms with E-state index in [1.54, 1.807) is 6.92 Å². The quantitative estimate of drug-likeness (QED) is 0.896. The van der Waals surface area contributed by atoms with E-state index in [-0.39, 0.29) is 10.6 Å². The van der Waals surface area contributed by atoms with E-state index < -0.39 is 33.5 Å². The van der Waals surface area contributed by atoms with Crippen LogP contribution in [0, 0.1) is 11.6 Å². The normalized spacial score (nSPS) is 13.1. The predicted octanol–water partition coefficient (Wildman–Crippen LogP) is 3.80. The molecule has 0 bridgehead atoms. The molecule has 0 aromatic heterocycles. The van der Waals surface area contributed by atoms with Gasteiger partial charge in [0.05, 0.1) is 5.75 Å². The van der Waals surface area contributed by atoms with Gasteiger partial charge in [0.1, 0.15) is 11.6 Å².